The molecule has 1 aliphatic heterocycles. The zero-order valence-electron chi connectivity index (χ0n) is 10.5. The maximum Gasteiger partial charge on any atom is 0.246 e. The van der Waals surface area contributed by atoms with E-state index in [0.717, 1.165) is 28.8 Å². The van der Waals surface area contributed by atoms with Crippen LogP contribution in [-0.2, 0) is 4.74 Å². The van der Waals surface area contributed by atoms with Gasteiger partial charge in [0, 0.05) is 16.6 Å². The zero-order valence-corrected chi connectivity index (χ0v) is 12.1. The number of hydrogen-bond acceptors (Lipinski definition) is 5. The van der Waals surface area contributed by atoms with Crippen LogP contribution < -0.4 is 5.32 Å². The Kier molecular flexibility index (Phi) is 3.63. The molecule has 3 rings (SSSR count). The second-order valence-corrected chi connectivity index (χ2v) is 5.41. The van der Waals surface area contributed by atoms with E-state index in [-0.39, 0.29) is 6.04 Å². The van der Waals surface area contributed by atoms with Crippen molar-refractivity contribution in [3.63, 3.8) is 0 Å². The second kappa shape index (κ2) is 5.40. The Morgan fingerprint density at radius 1 is 1.42 bits per heavy atom. The number of nitrogens with one attached hydrogen (secondary N) is 1. The fourth-order valence-corrected chi connectivity index (χ4v) is 2.56. The van der Waals surface area contributed by atoms with Gasteiger partial charge in [-0.05, 0) is 30.7 Å². The molecule has 0 bridgehead atoms. The van der Waals surface area contributed by atoms with E-state index in [1.54, 1.807) is 0 Å². The highest BCUT2D eigenvalue weighted by atomic mass is 79.9. The molecular formula is C13H14BrN3O2. The first-order chi connectivity index (χ1) is 9.24. The number of aromatic nitrogens is 2. The molecule has 1 saturated heterocycles. The van der Waals surface area contributed by atoms with Crippen LogP contribution in [0.2, 0.25) is 0 Å². The average molecular weight is 324 g/mol. The molecule has 0 amide bonds. The van der Waals surface area contributed by atoms with Crippen molar-refractivity contribution in [3.05, 3.63) is 34.1 Å². The van der Waals surface area contributed by atoms with Gasteiger partial charge in [-0.3, -0.25) is 0 Å². The van der Waals surface area contributed by atoms with Gasteiger partial charge < -0.3 is 14.6 Å². The van der Waals surface area contributed by atoms with Gasteiger partial charge in [0.15, 0.2) is 0 Å². The van der Waals surface area contributed by atoms with Gasteiger partial charge in [-0.15, -0.1) is 0 Å². The van der Waals surface area contributed by atoms with Crippen molar-refractivity contribution in [2.24, 2.45) is 0 Å². The minimum Gasteiger partial charge on any atom is -0.378 e. The first-order valence-electron chi connectivity index (χ1n) is 6.15. The summed E-state index contributed by atoms with van der Waals surface area (Å²) in [4.78, 5) is 4.46. The van der Waals surface area contributed by atoms with Crippen LogP contribution in [0.15, 0.2) is 27.2 Å². The Balaban J connectivity index is 1.87. The first-order valence-corrected chi connectivity index (χ1v) is 6.94. The van der Waals surface area contributed by atoms with Crippen LogP contribution >= 0.6 is 15.9 Å². The number of aryl methyl sites for hydroxylation is 1. The van der Waals surface area contributed by atoms with E-state index in [4.69, 9.17) is 9.26 Å². The minimum absolute atomic E-state index is 0.00856. The molecule has 19 heavy (non-hydrogen) atoms. The zero-order chi connectivity index (χ0) is 13.2. The molecule has 0 saturated carbocycles. The Morgan fingerprint density at radius 2 is 2.32 bits per heavy atom. The molecule has 2 heterocycles. The summed E-state index contributed by atoms with van der Waals surface area (Å²) in [7, 11) is 0. The predicted molar refractivity (Wildman–Crippen MR) is 73.7 cm³/mol. The average Bonchev–Trinajstić information content (AvgIpc) is 2.89. The van der Waals surface area contributed by atoms with E-state index in [9.17, 15) is 0 Å². The summed E-state index contributed by atoms with van der Waals surface area (Å²) in [5.74, 6) is 1.20. The molecule has 100 valence electrons. The SMILES string of the molecule is Cc1cc(Br)ccc1-c1noc(C2COCCN2)n1. The fraction of sp³-hybridized carbons (Fsp3) is 0.385. The number of nitrogens with zero attached hydrogens (tertiary/aromatic N) is 2. The standard InChI is InChI=1S/C13H14BrN3O2/c1-8-6-9(14)2-3-10(8)12-16-13(19-17-12)11-7-18-5-4-15-11/h2-3,6,11,15H,4-5,7H2,1H3. The Hall–Kier alpha value is -1.24. The monoisotopic (exact) mass is 323 g/mol. The van der Waals surface area contributed by atoms with Crippen LogP contribution in [0, 0.1) is 6.92 Å². The number of ether oxygens (including phenoxy) is 1. The molecule has 1 aromatic carbocycles. The molecule has 0 spiro atoms. The summed E-state index contributed by atoms with van der Waals surface area (Å²) < 4.78 is 11.8. The number of halogens is 1. The molecule has 1 aliphatic rings. The Labute approximate surface area is 119 Å². The van der Waals surface area contributed by atoms with Crippen LogP contribution in [0.25, 0.3) is 11.4 Å². The number of hydrogen-bond donors (Lipinski definition) is 1. The normalized spacial score (nSPS) is 19.6. The maximum absolute atomic E-state index is 5.39. The van der Waals surface area contributed by atoms with Gasteiger partial charge in [0.1, 0.15) is 6.04 Å². The van der Waals surface area contributed by atoms with Crippen molar-refractivity contribution < 1.29 is 9.26 Å². The fourth-order valence-electron chi connectivity index (χ4n) is 2.09. The maximum atomic E-state index is 5.39. The van der Waals surface area contributed by atoms with Crippen LogP contribution in [0.1, 0.15) is 17.5 Å². The number of rotatable bonds is 2. The van der Waals surface area contributed by atoms with E-state index in [0.29, 0.717) is 18.3 Å². The highest BCUT2D eigenvalue weighted by Gasteiger charge is 2.22. The molecule has 6 heteroatoms. The molecule has 5 nitrogen and oxygen atoms in total. The third kappa shape index (κ3) is 2.70. The van der Waals surface area contributed by atoms with Gasteiger partial charge in [-0.1, -0.05) is 21.1 Å². The van der Waals surface area contributed by atoms with Crippen LogP contribution in [0.5, 0.6) is 0 Å². The molecule has 1 atom stereocenters. The van der Waals surface area contributed by atoms with Gasteiger partial charge in [0.25, 0.3) is 0 Å². The molecule has 0 aliphatic carbocycles. The highest BCUT2D eigenvalue weighted by Crippen LogP contribution is 2.25. The van der Waals surface area contributed by atoms with Gasteiger partial charge in [0.05, 0.1) is 13.2 Å². The summed E-state index contributed by atoms with van der Waals surface area (Å²) in [6.07, 6.45) is 0. The van der Waals surface area contributed by atoms with Gasteiger partial charge in [-0.25, -0.2) is 0 Å². The molecule has 0 radical (unpaired) electrons. The first kappa shape index (κ1) is 12.8. The number of benzene rings is 1. The smallest absolute Gasteiger partial charge is 0.246 e. The Bertz CT molecular complexity index is 579. The van der Waals surface area contributed by atoms with Crippen LogP contribution in [-0.4, -0.2) is 29.9 Å². The van der Waals surface area contributed by atoms with Crippen molar-refractivity contribution in [2.75, 3.05) is 19.8 Å². The quantitative estimate of drug-likeness (QED) is 0.920. The van der Waals surface area contributed by atoms with Gasteiger partial charge in [-0.2, -0.15) is 4.98 Å². The summed E-state index contributed by atoms with van der Waals surface area (Å²) in [6.45, 7) is 4.13. The summed E-state index contributed by atoms with van der Waals surface area (Å²) in [5, 5.41) is 7.35. The summed E-state index contributed by atoms with van der Waals surface area (Å²) in [5.41, 5.74) is 2.09. The minimum atomic E-state index is -0.00856. The highest BCUT2D eigenvalue weighted by molar-refractivity contribution is 9.10. The van der Waals surface area contributed by atoms with E-state index < -0.39 is 0 Å². The van der Waals surface area contributed by atoms with Crippen LogP contribution in [0.3, 0.4) is 0 Å². The Morgan fingerprint density at radius 3 is 3.05 bits per heavy atom. The van der Waals surface area contributed by atoms with Crippen molar-refractivity contribution in [2.45, 2.75) is 13.0 Å². The van der Waals surface area contributed by atoms with Gasteiger partial charge in [0.2, 0.25) is 11.7 Å². The van der Waals surface area contributed by atoms with Crippen molar-refractivity contribution >= 4 is 15.9 Å². The van der Waals surface area contributed by atoms with Gasteiger partial charge >= 0.3 is 0 Å². The molecule has 1 unspecified atom stereocenters. The van der Waals surface area contributed by atoms with E-state index in [1.807, 2.05) is 25.1 Å². The van der Waals surface area contributed by atoms with Crippen molar-refractivity contribution in [1.29, 1.82) is 0 Å². The largest absolute Gasteiger partial charge is 0.378 e. The molecular weight excluding hydrogens is 310 g/mol. The number of morpholine rings is 1. The summed E-state index contributed by atoms with van der Waals surface area (Å²) >= 11 is 3.45. The lowest BCUT2D eigenvalue weighted by Crippen LogP contribution is -2.34. The van der Waals surface area contributed by atoms with Crippen molar-refractivity contribution in [1.82, 2.24) is 15.5 Å². The van der Waals surface area contributed by atoms with E-state index >= 15 is 0 Å². The molecule has 1 N–H and O–H groups in total. The molecule has 1 aromatic heterocycles. The van der Waals surface area contributed by atoms with Crippen LogP contribution in [0.4, 0.5) is 0 Å². The molecule has 2 aromatic rings. The third-order valence-corrected chi connectivity index (χ3v) is 3.58. The van der Waals surface area contributed by atoms with E-state index in [2.05, 4.69) is 31.4 Å². The lowest BCUT2D eigenvalue weighted by atomic mass is 10.1. The predicted octanol–water partition coefficient (Wildman–Crippen LogP) is 2.47. The lowest BCUT2D eigenvalue weighted by molar-refractivity contribution is 0.0659. The summed E-state index contributed by atoms with van der Waals surface area (Å²) in [6, 6.07) is 5.98. The van der Waals surface area contributed by atoms with Crippen molar-refractivity contribution in [3.8, 4) is 11.4 Å². The second-order valence-electron chi connectivity index (χ2n) is 4.50. The third-order valence-electron chi connectivity index (χ3n) is 3.09. The molecule has 1 fully saturated rings. The topological polar surface area (TPSA) is 60.2 Å². The van der Waals surface area contributed by atoms with E-state index in [1.165, 1.54) is 0 Å². The lowest BCUT2D eigenvalue weighted by Gasteiger charge is -2.20.